The fourth-order valence-corrected chi connectivity index (χ4v) is 2.39. The van der Waals surface area contributed by atoms with Gasteiger partial charge in [0.15, 0.2) is 13.2 Å². The molecule has 14 N–H and O–H groups in total. The number of carboxylic acid groups (broad SMARTS) is 2. The van der Waals surface area contributed by atoms with Crippen molar-refractivity contribution < 1.29 is 55.1 Å². The number of carboxylic acids is 2. The van der Waals surface area contributed by atoms with Gasteiger partial charge in [0.1, 0.15) is 11.5 Å². The Hall–Kier alpha value is -3.12. The molecule has 0 atom stereocenters. The zero-order chi connectivity index (χ0) is 39.8. The van der Waals surface area contributed by atoms with Crippen LogP contribution < -0.4 is 43.0 Å². The molecule has 0 aliphatic carbocycles. The molecule has 0 radical (unpaired) electrons. The molecule has 48 heavy (non-hydrogen) atoms. The Morgan fingerprint density at radius 1 is 0.646 bits per heavy atom. The van der Waals surface area contributed by atoms with Gasteiger partial charge >= 0.3 is 11.9 Å². The van der Waals surface area contributed by atoms with Crippen molar-refractivity contribution in [1.29, 1.82) is 0 Å². The molecule has 0 saturated heterocycles. The molecule has 0 aromatic heterocycles. The number of ether oxygens (including phenoxy) is 2. The first-order valence-corrected chi connectivity index (χ1v) is 15.0. The molecular formula is C28H51Cl5N6O9+2. The highest BCUT2D eigenvalue weighted by atomic mass is 35.5. The number of hydrogen-bond acceptors (Lipinski definition) is 9. The number of hydrogen-bond donors (Lipinski definition) is 8. The average molecular weight is 793 g/mol. The molecule has 0 spiro atoms. The quantitative estimate of drug-likeness (QED) is 0.196. The number of nitrogens with two attached hydrogens (primary N) is 2. The van der Waals surface area contributed by atoms with Gasteiger partial charge in [-0.05, 0) is 62.1 Å². The second-order valence-corrected chi connectivity index (χ2v) is 8.82. The number of halogens is 5. The van der Waals surface area contributed by atoms with Crippen LogP contribution in [-0.2, 0) is 24.0 Å². The summed E-state index contributed by atoms with van der Waals surface area (Å²) in [6.45, 7) is 3.41. The molecule has 15 nitrogen and oxygen atoms in total. The predicted molar refractivity (Wildman–Crippen MR) is 193 cm³/mol. The zero-order valence-corrected chi connectivity index (χ0v) is 32.4. The van der Waals surface area contributed by atoms with Crippen molar-refractivity contribution in [3.8, 4) is 11.5 Å². The van der Waals surface area contributed by atoms with Crippen LogP contribution >= 0.6 is 58.0 Å². The van der Waals surface area contributed by atoms with E-state index in [0.717, 1.165) is 0 Å². The molecule has 2 aromatic carbocycles. The van der Waals surface area contributed by atoms with Crippen molar-refractivity contribution in [3.05, 3.63) is 56.5 Å². The number of nitrogens with one attached hydrogen (secondary N) is 2. The summed E-state index contributed by atoms with van der Waals surface area (Å²) in [7, 11) is 9.70. The normalized spacial score (nSPS) is 7.71. The van der Waals surface area contributed by atoms with E-state index < -0.39 is 25.2 Å². The summed E-state index contributed by atoms with van der Waals surface area (Å²) in [5, 5.41) is 22.6. The van der Waals surface area contributed by atoms with Crippen molar-refractivity contribution in [2.24, 2.45) is 11.5 Å². The van der Waals surface area contributed by atoms with Crippen LogP contribution in [0.1, 0.15) is 20.8 Å². The third-order valence-corrected chi connectivity index (χ3v) is 4.26. The molecule has 0 fully saturated rings. The number of carbonyl (C=O) groups excluding carboxylic acids is 3. The monoisotopic (exact) mass is 790 g/mol. The number of rotatable bonds is 6. The van der Waals surface area contributed by atoms with Crippen LogP contribution in [0.4, 0.5) is 0 Å². The van der Waals surface area contributed by atoms with Crippen molar-refractivity contribution >= 4 is 87.0 Å². The molecule has 0 aliphatic rings. The van der Waals surface area contributed by atoms with Crippen molar-refractivity contribution in [3.63, 3.8) is 0 Å². The van der Waals surface area contributed by atoms with E-state index in [1.165, 1.54) is 59.1 Å². The minimum absolute atomic E-state index is 0.00463. The number of amides is 2. The summed E-state index contributed by atoms with van der Waals surface area (Å²) in [6.07, 6.45) is 0. The molecule has 0 aliphatic heterocycles. The number of aliphatic carboxylic acids is 2. The molecule has 0 heterocycles. The molecule has 0 bridgehead atoms. The van der Waals surface area contributed by atoms with Crippen molar-refractivity contribution in [2.75, 3.05) is 55.5 Å². The Morgan fingerprint density at radius 3 is 1.00 bits per heavy atom. The van der Waals surface area contributed by atoms with E-state index in [4.69, 9.17) is 66.1 Å². The SMILES string of the molecule is CC(=O)Cl.CN.CN.CNC(C)=O.CNC(C)=O.C[NH3+].C[NH3+].O=C(O)COc1ccc(Cl)cc1Cl.O=C(O)COc1ccc(Cl)cc1Cl. The Morgan fingerprint density at radius 2 is 0.854 bits per heavy atom. The maximum Gasteiger partial charge on any atom is 0.341 e. The first-order chi connectivity index (χ1) is 22.5. The smallest absolute Gasteiger partial charge is 0.341 e. The van der Waals surface area contributed by atoms with Crippen molar-refractivity contribution in [2.45, 2.75) is 20.8 Å². The van der Waals surface area contributed by atoms with E-state index in [-0.39, 0.29) is 17.1 Å². The van der Waals surface area contributed by atoms with E-state index >= 15 is 0 Å². The minimum atomic E-state index is -1.05. The molecule has 2 amide bonds. The molecule has 2 aromatic rings. The van der Waals surface area contributed by atoms with Gasteiger partial charge in [0, 0.05) is 44.9 Å². The Balaban J connectivity index is -0.0000000889. The van der Waals surface area contributed by atoms with E-state index in [2.05, 4.69) is 45.2 Å². The first-order valence-electron chi connectivity index (χ1n) is 13.2. The largest absolute Gasteiger partial charge is 0.480 e. The number of quaternary nitrogens is 2. The minimum Gasteiger partial charge on any atom is -0.480 e. The van der Waals surface area contributed by atoms with Gasteiger partial charge in [0.2, 0.25) is 17.1 Å². The van der Waals surface area contributed by atoms with Crippen LogP contribution in [0.3, 0.4) is 0 Å². The lowest BCUT2D eigenvalue weighted by Gasteiger charge is -2.04. The lowest BCUT2D eigenvalue weighted by Crippen LogP contribution is -2.40. The standard InChI is InChI=1S/2C8H6Cl2O3.2C3H7NO.C2H3ClO.4CH5N/c2*9-5-1-2-7(6(10)3-5)13-4-8(11)12;2*1-3(5)4-2;1-2(3)4;4*1-2/h2*1-3H,4H2,(H,11,12);2*1-2H3,(H,4,5);1H3;4*2H2,1H3/p+2. The van der Waals surface area contributed by atoms with Gasteiger partial charge in [-0.3, -0.25) is 14.4 Å². The fourth-order valence-electron chi connectivity index (χ4n) is 1.46. The Labute approximate surface area is 307 Å². The molecular weight excluding hydrogens is 742 g/mol. The van der Waals surface area contributed by atoms with Gasteiger partial charge in [-0.25, -0.2) is 9.59 Å². The lowest BCUT2D eigenvalue weighted by molar-refractivity contribution is -0.325. The van der Waals surface area contributed by atoms with Crippen LogP contribution in [0.5, 0.6) is 11.5 Å². The lowest BCUT2D eigenvalue weighted by atomic mass is 10.3. The molecule has 2 rings (SSSR count). The van der Waals surface area contributed by atoms with Gasteiger partial charge < -0.3 is 53.3 Å². The molecule has 280 valence electrons. The fraction of sp³-hybridized carbons (Fsp3) is 0.393. The summed E-state index contributed by atoms with van der Waals surface area (Å²) in [4.78, 5) is 48.9. The second kappa shape index (κ2) is 46.0. The average Bonchev–Trinajstić information content (AvgIpc) is 3.04. The van der Waals surface area contributed by atoms with Crippen molar-refractivity contribution in [1.82, 2.24) is 10.6 Å². The van der Waals surface area contributed by atoms with Gasteiger partial charge in [0.25, 0.3) is 0 Å². The third-order valence-electron chi connectivity index (χ3n) is 3.19. The highest BCUT2D eigenvalue weighted by Gasteiger charge is 2.05. The topological polar surface area (TPSA) is 276 Å². The Kier molecular flexibility index (Phi) is 57.7. The number of carbonyl (C=O) groups is 5. The van der Waals surface area contributed by atoms with Crippen LogP contribution in [0.2, 0.25) is 20.1 Å². The zero-order valence-electron chi connectivity index (χ0n) is 28.6. The summed E-state index contributed by atoms with van der Waals surface area (Å²) >= 11 is 27.3. The van der Waals surface area contributed by atoms with Gasteiger partial charge in [-0.2, -0.15) is 0 Å². The molecule has 0 saturated carbocycles. The van der Waals surface area contributed by atoms with Crippen LogP contribution in [0.25, 0.3) is 0 Å². The van der Waals surface area contributed by atoms with Crippen LogP contribution in [0, 0.1) is 0 Å². The second-order valence-electron chi connectivity index (χ2n) is 6.60. The number of benzene rings is 2. The van der Waals surface area contributed by atoms with E-state index in [1.807, 2.05) is 0 Å². The van der Waals surface area contributed by atoms with E-state index in [1.54, 1.807) is 40.3 Å². The highest BCUT2D eigenvalue weighted by molar-refractivity contribution is 6.62. The van der Waals surface area contributed by atoms with E-state index in [0.29, 0.717) is 31.6 Å². The maximum absolute atomic E-state index is 10.2. The van der Waals surface area contributed by atoms with Crippen LogP contribution in [-0.4, -0.2) is 94.7 Å². The Bertz CT molecular complexity index is 1040. The molecule has 20 heteroatoms. The summed E-state index contributed by atoms with van der Waals surface area (Å²) < 4.78 is 9.73. The van der Waals surface area contributed by atoms with Gasteiger partial charge in [-0.1, -0.05) is 46.4 Å². The predicted octanol–water partition coefficient (Wildman–Crippen LogP) is 2.06. The van der Waals surface area contributed by atoms with E-state index in [9.17, 15) is 24.0 Å². The highest BCUT2D eigenvalue weighted by Crippen LogP contribution is 2.28. The maximum atomic E-state index is 10.2. The molecule has 0 unspecified atom stereocenters. The summed E-state index contributed by atoms with van der Waals surface area (Å²) in [5.41, 5.74) is 15.5. The third kappa shape index (κ3) is 55.3. The first kappa shape index (κ1) is 60.2. The van der Waals surface area contributed by atoms with Gasteiger partial charge in [0.05, 0.1) is 24.1 Å². The van der Waals surface area contributed by atoms with Crippen LogP contribution in [0.15, 0.2) is 36.4 Å². The summed E-state index contributed by atoms with van der Waals surface area (Å²) in [5.74, 6) is -1.46. The van der Waals surface area contributed by atoms with Gasteiger partial charge in [-0.15, -0.1) is 0 Å². The summed E-state index contributed by atoms with van der Waals surface area (Å²) in [6, 6.07) is 9.16.